The fraction of sp³-hybridized carbons (Fsp3) is 0.400. The largest absolute Gasteiger partial charge is 0.378 e. The lowest BCUT2D eigenvalue weighted by Gasteiger charge is -2.33. The maximum absolute atomic E-state index is 11.9. The van der Waals surface area contributed by atoms with E-state index in [9.17, 15) is 4.79 Å². The molecule has 1 atom stereocenters. The highest BCUT2D eigenvalue weighted by molar-refractivity contribution is 6.05. The lowest BCUT2D eigenvalue weighted by Crippen LogP contribution is -2.53. The number of pyridine rings is 1. The van der Waals surface area contributed by atoms with E-state index in [-0.39, 0.29) is 5.91 Å². The van der Waals surface area contributed by atoms with Crippen molar-refractivity contribution in [2.24, 2.45) is 0 Å². The summed E-state index contributed by atoms with van der Waals surface area (Å²) in [5.41, 5.74) is 0.126. The molecule has 3 rings (SSSR count). The average Bonchev–Trinajstić information content (AvgIpc) is 2.70. The standard InChI is InChI=1S/C10H11N3O2/c14-9-10(3-5-15-6-10)13-8-7(12-9)2-1-4-11-8/h1-2,4H,3,5-6H2,(H,11,13)(H,12,14). The van der Waals surface area contributed by atoms with Crippen LogP contribution in [0, 0.1) is 0 Å². The van der Waals surface area contributed by atoms with E-state index in [2.05, 4.69) is 15.6 Å². The lowest BCUT2D eigenvalue weighted by atomic mass is 9.95. The van der Waals surface area contributed by atoms with Crippen LogP contribution in [0.1, 0.15) is 6.42 Å². The van der Waals surface area contributed by atoms with Crippen LogP contribution in [0.4, 0.5) is 11.5 Å². The Labute approximate surface area is 86.8 Å². The Morgan fingerprint density at radius 3 is 3.27 bits per heavy atom. The van der Waals surface area contributed by atoms with E-state index in [1.807, 2.05) is 6.07 Å². The predicted octanol–water partition coefficient (Wildman–Crippen LogP) is 0.605. The first-order valence-electron chi connectivity index (χ1n) is 4.93. The number of carbonyl (C=O) groups excluding carboxylic acids is 1. The topological polar surface area (TPSA) is 63.2 Å². The van der Waals surface area contributed by atoms with Crippen LogP contribution in [0.5, 0.6) is 0 Å². The van der Waals surface area contributed by atoms with Crippen LogP contribution < -0.4 is 10.6 Å². The monoisotopic (exact) mass is 205 g/mol. The van der Waals surface area contributed by atoms with Crippen LogP contribution >= 0.6 is 0 Å². The third kappa shape index (κ3) is 1.20. The van der Waals surface area contributed by atoms with Crippen molar-refractivity contribution in [2.75, 3.05) is 23.8 Å². The number of ether oxygens (including phenoxy) is 1. The molecular weight excluding hydrogens is 194 g/mol. The van der Waals surface area contributed by atoms with Gasteiger partial charge in [0.25, 0.3) is 5.91 Å². The highest BCUT2D eigenvalue weighted by Crippen LogP contribution is 2.33. The van der Waals surface area contributed by atoms with E-state index < -0.39 is 5.54 Å². The molecule has 0 aliphatic carbocycles. The van der Waals surface area contributed by atoms with Crippen LogP contribution in [-0.2, 0) is 9.53 Å². The first kappa shape index (κ1) is 8.67. The molecule has 1 amide bonds. The number of anilines is 2. The van der Waals surface area contributed by atoms with E-state index in [1.165, 1.54) is 0 Å². The molecule has 5 heteroatoms. The van der Waals surface area contributed by atoms with E-state index in [0.29, 0.717) is 19.6 Å². The van der Waals surface area contributed by atoms with Gasteiger partial charge in [-0.1, -0.05) is 0 Å². The summed E-state index contributed by atoms with van der Waals surface area (Å²) in [7, 11) is 0. The quantitative estimate of drug-likeness (QED) is 0.651. The predicted molar refractivity (Wildman–Crippen MR) is 54.7 cm³/mol. The van der Waals surface area contributed by atoms with Gasteiger partial charge in [0.15, 0.2) is 5.82 Å². The minimum absolute atomic E-state index is 0.0273. The molecule has 0 radical (unpaired) electrons. The van der Waals surface area contributed by atoms with Crippen LogP contribution in [0.2, 0.25) is 0 Å². The molecule has 1 unspecified atom stereocenters. The van der Waals surface area contributed by atoms with Crippen LogP contribution in [0.25, 0.3) is 0 Å². The first-order chi connectivity index (χ1) is 7.30. The third-order valence-electron chi connectivity index (χ3n) is 2.87. The summed E-state index contributed by atoms with van der Waals surface area (Å²) < 4.78 is 5.27. The molecule has 0 aromatic carbocycles. The average molecular weight is 205 g/mol. The van der Waals surface area contributed by atoms with Crippen LogP contribution in [-0.4, -0.2) is 29.6 Å². The Morgan fingerprint density at radius 2 is 2.47 bits per heavy atom. The van der Waals surface area contributed by atoms with Crippen molar-refractivity contribution in [3.05, 3.63) is 18.3 Å². The van der Waals surface area contributed by atoms with Crippen molar-refractivity contribution in [2.45, 2.75) is 12.0 Å². The molecule has 5 nitrogen and oxygen atoms in total. The summed E-state index contributed by atoms with van der Waals surface area (Å²) in [4.78, 5) is 16.1. The Balaban J connectivity index is 2.02. The molecule has 1 fully saturated rings. The summed E-state index contributed by atoms with van der Waals surface area (Å²) in [6, 6.07) is 3.62. The Morgan fingerprint density at radius 1 is 1.53 bits per heavy atom. The van der Waals surface area contributed by atoms with Gasteiger partial charge in [-0.2, -0.15) is 0 Å². The molecule has 1 spiro atoms. The highest BCUT2D eigenvalue weighted by atomic mass is 16.5. The minimum Gasteiger partial charge on any atom is -0.378 e. The number of hydrogen-bond acceptors (Lipinski definition) is 4. The van der Waals surface area contributed by atoms with Crippen LogP contribution in [0.3, 0.4) is 0 Å². The number of hydrogen-bond donors (Lipinski definition) is 2. The smallest absolute Gasteiger partial charge is 0.252 e. The maximum atomic E-state index is 11.9. The molecule has 2 aliphatic heterocycles. The van der Waals surface area contributed by atoms with Crippen LogP contribution in [0.15, 0.2) is 18.3 Å². The second-order valence-electron chi connectivity index (χ2n) is 3.86. The number of nitrogens with one attached hydrogen (secondary N) is 2. The zero-order valence-electron chi connectivity index (χ0n) is 8.12. The second-order valence-corrected chi connectivity index (χ2v) is 3.86. The maximum Gasteiger partial charge on any atom is 0.252 e. The lowest BCUT2D eigenvalue weighted by molar-refractivity contribution is -0.120. The molecule has 0 saturated carbocycles. The highest BCUT2D eigenvalue weighted by Gasteiger charge is 2.45. The second kappa shape index (κ2) is 2.93. The SMILES string of the molecule is O=C1Nc2cccnc2NC12CCOC2. The minimum atomic E-state index is -0.610. The summed E-state index contributed by atoms with van der Waals surface area (Å²) in [5.74, 6) is 0.697. The fourth-order valence-corrected chi connectivity index (χ4v) is 1.97. The van der Waals surface area contributed by atoms with Crippen molar-refractivity contribution in [3.63, 3.8) is 0 Å². The van der Waals surface area contributed by atoms with Crippen molar-refractivity contribution in [1.82, 2.24) is 4.98 Å². The van der Waals surface area contributed by atoms with Gasteiger partial charge in [0.2, 0.25) is 0 Å². The number of rotatable bonds is 0. The molecule has 78 valence electrons. The molecule has 2 N–H and O–H groups in total. The van der Waals surface area contributed by atoms with Crippen molar-refractivity contribution in [1.29, 1.82) is 0 Å². The van der Waals surface area contributed by atoms with Gasteiger partial charge in [-0.05, 0) is 12.1 Å². The van der Waals surface area contributed by atoms with Crippen molar-refractivity contribution >= 4 is 17.4 Å². The van der Waals surface area contributed by atoms with Crippen molar-refractivity contribution < 1.29 is 9.53 Å². The molecule has 1 saturated heterocycles. The summed E-state index contributed by atoms with van der Waals surface area (Å²) in [6.45, 7) is 1.03. The van der Waals surface area contributed by atoms with Gasteiger partial charge in [0.1, 0.15) is 5.54 Å². The van der Waals surface area contributed by atoms with E-state index >= 15 is 0 Å². The summed E-state index contributed by atoms with van der Waals surface area (Å²) >= 11 is 0. The molecular formula is C10H11N3O2. The zero-order chi connectivity index (χ0) is 10.3. The fourth-order valence-electron chi connectivity index (χ4n) is 1.97. The number of nitrogens with zero attached hydrogens (tertiary/aromatic N) is 1. The van der Waals surface area contributed by atoms with Gasteiger partial charge in [0.05, 0.1) is 12.3 Å². The number of fused-ring (bicyclic) bond motifs is 1. The van der Waals surface area contributed by atoms with Gasteiger partial charge in [-0.15, -0.1) is 0 Å². The normalized spacial score (nSPS) is 28.4. The van der Waals surface area contributed by atoms with Crippen molar-refractivity contribution in [3.8, 4) is 0 Å². The molecule has 1 aromatic heterocycles. The first-order valence-corrected chi connectivity index (χ1v) is 4.93. The number of aromatic nitrogens is 1. The third-order valence-corrected chi connectivity index (χ3v) is 2.87. The van der Waals surface area contributed by atoms with Gasteiger partial charge >= 0.3 is 0 Å². The van der Waals surface area contributed by atoms with Gasteiger partial charge < -0.3 is 15.4 Å². The van der Waals surface area contributed by atoms with Gasteiger partial charge in [-0.3, -0.25) is 4.79 Å². The molecule has 15 heavy (non-hydrogen) atoms. The molecule has 0 bridgehead atoms. The Bertz CT molecular complexity index is 413. The molecule has 3 heterocycles. The van der Waals surface area contributed by atoms with Gasteiger partial charge in [0, 0.05) is 19.2 Å². The van der Waals surface area contributed by atoms with E-state index in [4.69, 9.17) is 4.74 Å². The van der Waals surface area contributed by atoms with Gasteiger partial charge in [-0.25, -0.2) is 4.98 Å². The summed E-state index contributed by atoms with van der Waals surface area (Å²) in [5, 5.41) is 6.02. The zero-order valence-corrected chi connectivity index (χ0v) is 8.12. The summed E-state index contributed by atoms with van der Waals surface area (Å²) in [6.07, 6.45) is 2.39. The van der Waals surface area contributed by atoms with E-state index in [1.54, 1.807) is 12.3 Å². The Kier molecular flexibility index (Phi) is 1.70. The van der Waals surface area contributed by atoms with E-state index in [0.717, 1.165) is 11.5 Å². The molecule has 1 aromatic rings. The molecule has 2 aliphatic rings. The number of amides is 1. The number of carbonyl (C=O) groups is 1. The Hall–Kier alpha value is -1.62.